The minimum Gasteiger partial charge on any atom is -0.330 e. The van der Waals surface area contributed by atoms with Crippen LogP contribution in [0.2, 0.25) is 0 Å². The smallest absolute Gasteiger partial charge is 0.246 e. The SMILES string of the molecule is Cc1ccc(N2CCN(C(=O)C(C)NS(C)(=O)=O)CC2=O)cc1. The standard InChI is InChI=1S/C15H21N3O4S/c1-11-4-6-13(7-5-11)18-9-8-17(10-14(18)19)15(20)12(2)16-23(3,21)22/h4-7,12,16H,8-10H2,1-3H3. The van der Waals surface area contributed by atoms with E-state index in [2.05, 4.69) is 4.72 Å². The Hall–Kier alpha value is -1.93. The number of hydrogen-bond acceptors (Lipinski definition) is 4. The van der Waals surface area contributed by atoms with Crippen molar-refractivity contribution in [2.75, 3.05) is 30.8 Å². The summed E-state index contributed by atoms with van der Waals surface area (Å²) in [7, 11) is -3.47. The molecule has 126 valence electrons. The molecule has 2 amide bonds. The molecular weight excluding hydrogens is 318 g/mol. The van der Waals surface area contributed by atoms with E-state index >= 15 is 0 Å². The molecule has 0 aromatic heterocycles. The number of piperazine rings is 1. The van der Waals surface area contributed by atoms with Crippen LogP contribution in [0.4, 0.5) is 5.69 Å². The zero-order chi connectivity index (χ0) is 17.2. The molecule has 8 heteroatoms. The van der Waals surface area contributed by atoms with Gasteiger partial charge < -0.3 is 9.80 Å². The number of carbonyl (C=O) groups excluding carboxylic acids is 2. The lowest BCUT2D eigenvalue weighted by Gasteiger charge is -2.35. The van der Waals surface area contributed by atoms with E-state index in [1.807, 2.05) is 31.2 Å². The molecule has 0 saturated carbocycles. The molecule has 1 aromatic rings. The van der Waals surface area contributed by atoms with Crippen LogP contribution in [0.1, 0.15) is 12.5 Å². The second-order valence-corrected chi connectivity index (χ2v) is 7.53. The van der Waals surface area contributed by atoms with Crippen molar-refractivity contribution in [3.8, 4) is 0 Å². The minimum atomic E-state index is -3.47. The average molecular weight is 339 g/mol. The summed E-state index contributed by atoms with van der Waals surface area (Å²) in [4.78, 5) is 27.6. The highest BCUT2D eigenvalue weighted by atomic mass is 32.2. The van der Waals surface area contributed by atoms with Gasteiger partial charge in [-0.25, -0.2) is 13.1 Å². The molecular formula is C15H21N3O4S. The van der Waals surface area contributed by atoms with Gasteiger partial charge in [-0.1, -0.05) is 17.7 Å². The van der Waals surface area contributed by atoms with Gasteiger partial charge in [-0.05, 0) is 26.0 Å². The van der Waals surface area contributed by atoms with Gasteiger partial charge in [-0.2, -0.15) is 0 Å². The molecule has 1 N–H and O–H groups in total. The number of nitrogens with one attached hydrogen (secondary N) is 1. The second-order valence-electron chi connectivity index (χ2n) is 5.75. The highest BCUT2D eigenvalue weighted by Crippen LogP contribution is 2.18. The molecule has 1 unspecified atom stereocenters. The number of benzene rings is 1. The Bertz CT molecular complexity index is 700. The first-order chi connectivity index (χ1) is 10.7. The molecule has 1 aliphatic heterocycles. The van der Waals surface area contributed by atoms with Crippen molar-refractivity contribution in [2.24, 2.45) is 0 Å². The molecule has 0 bridgehead atoms. The number of aryl methyl sites for hydroxylation is 1. The molecule has 1 aliphatic rings. The molecule has 1 fully saturated rings. The highest BCUT2D eigenvalue weighted by molar-refractivity contribution is 7.88. The van der Waals surface area contributed by atoms with Crippen molar-refractivity contribution in [1.29, 1.82) is 0 Å². The van der Waals surface area contributed by atoms with Crippen LogP contribution in [0, 0.1) is 6.92 Å². The average Bonchev–Trinajstić information content (AvgIpc) is 2.45. The summed E-state index contributed by atoms with van der Waals surface area (Å²) in [6, 6.07) is 6.72. The Morgan fingerprint density at radius 1 is 1.22 bits per heavy atom. The van der Waals surface area contributed by atoms with Crippen LogP contribution in [-0.4, -0.2) is 57.1 Å². The van der Waals surface area contributed by atoms with Gasteiger partial charge in [-0.3, -0.25) is 9.59 Å². The number of rotatable bonds is 4. The topological polar surface area (TPSA) is 86.8 Å². The summed E-state index contributed by atoms with van der Waals surface area (Å²) in [5.74, 6) is -0.577. The van der Waals surface area contributed by atoms with E-state index in [9.17, 15) is 18.0 Å². The van der Waals surface area contributed by atoms with E-state index in [1.165, 1.54) is 11.8 Å². The van der Waals surface area contributed by atoms with Crippen molar-refractivity contribution in [3.63, 3.8) is 0 Å². The largest absolute Gasteiger partial charge is 0.330 e. The molecule has 1 heterocycles. The molecule has 1 saturated heterocycles. The minimum absolute atomic E-state index is 0.0531. The lowest BCUT2D eigenvalue weighted by atomic mass is 10.2. The number of anilines is 1. The lowest BCUT2D eigenvalue weighted by molar-refractivity contribution is -0.137. The quantitative estimate of drug-likeness (QED) is 0.843. The van der Waals surface area contributed by atoms with Gasteiger partial charge in [0.05, 0.1) is 12.3 Å². The third kappa shape index (κ3) is 4.52. The summed E-state index contributed by atoms with van der Waals surface area (Å²) >= 11 is 0. The summed E-state index contributed by atoms with van der Waals surface area (Å²) in [6.07, 6.45) is 0.997. The van der Waals surface area contributed by atoms with Gasteiger partial charge in [0.2, 0.25) is 21.8 Å². The predicted molar refractivity (Wildman–Crippen MR) is 87.6 cm³/mol. The maximum absolute atomic E-state index is 12.3. The first-order valence-corrected chi connectivity index (χ1v) is 9.19. The van der Waals surface area contributed by atoms with Crippen LogP contribution in [0.25, 0.3) is 0 Å². The van der Waals surface area contributed by atoms with Crippen LogP contribution < -0.4 is 9.62 Å². The van der Waals surface area contributed by atoms with E-state index in [4.69, 9.17) is 0 Å². The molecule has 2 rings (SSSR count). The van der Waals surface area contributed by atoms with E-state index in [0.717, 1.165) is 17.5 Å². The monoisotopic (exact) mass is 339 g/mol. The van der Waals surface area contributed by atoms with Crippen molar-refractivity contribution >= 4 is 27.5 Å². The fraction of sp³-hybridized carbons (Fsp3) is 0.467. The molecule has 0 radical (unpaired) electrons. The van der Waals surface area contributed by atoms with Gasteiger partial charge >= 0.3 is 0 Å². The fourth-order valence-corrected chi connectivity index (χ4v) is 3.25. The molecule has 7 nitrogen and oxygen atoms in total. The Morgan fingerprint density at radius 2 is 1.83 bits per heavy atom. The van der Waals surface area contributed by atoms with Crippen molar-refractivity contribution in [3.05, 3.63) is 29.8 Å². The van der Waals surface area contributed by atoms with Crippen molar-refractivity contribution in [1.82, 2.24) is 9.62 Å². The van der Waals surface area contributed by atoms with Gasteiger partial charge in [0, 0.05) is 18.8 Å². The van der Waals surface area contributed by atoms with Crippen molar-refractivity contribution < 1.29 is 18.0 Å². The Balaban J connectivity index is 2.02. The number of hydrogen-bond donors (Lipinski definition) is 1. The third-order valence-electron chi connectivity index (χ3n) is 3.64. The molecule has 0 spiro atoms. The van der Waals surface area contributed by atoms with Gasteiger partial charge in [0.25, 0.3) is 0 Å². The van der Waals surface area contributed by atoms with E-state index in [0.29, 0.717) is 13.1 Å². The van der Waals surface area contributed by atoms with Gasteiger partial charge in [0.15, 0.2) is 0 Å². The zero-order valence-electron chi connectivity index (χ0n) is 13.4. The first kappa shape index (κ1) is 17.4. The normalized spacial score (nSPS) is 17.3. The summed E-state index contributed by atoms with van der Waals surface area (Å²) in [5.41, 5.74) is 1.91. The van der Waals surface area contributed by atoms with Crippen LogP contribution in [0.3, 0.4) is 0 Å². The van der Waals surface area contributed by atoms with Crippen LogP contribution >= 0.6 is 0 Å². The zero-order valence-corrected chi connectivity index (χ0v) is 14.3. The predicted octanol–water partition coefficient (Wildman–Crippen LogP) is 0.108. The number of carbonyl (C=O) groups is 2. The first-order valence-electron chi connectivity index (χ1n) is 7.30. The van der Waals surface area contributed by atoms with E-state index in [1.54, 1.807) is 4.90 Å². The highest BCUT2D eigenvalue weighted by Gasteiger charge is 2.31. The Kier molecular flexibility index (Phi) is 5.06. The Labute approximate surface area is 136 Å². The van der Waals surface area contributed by atoms with E-state index in [-0.39, 0.29) is 12.5 Å². The van der Waals surface area contributed by atoms with Crippen LogP contribution in [0.5, 0.6) is 0 Å². The number of sulfonamides is 1. The van der Waals surface area contributed by atoms with Gasteiger partial charge in [-0.15, -0.1) is 0 Å². The Morgan fingerprint density at radius 3 is 2.35 bits per heavy atom. The second kappa shape index (κ2) is 6.67. The summed E-state index contributed by atoms with van der Waals surface area (Å²) in [5, 5.41) is 0. The maximum atomic E-state index is 12.3. The fourth-order valence-electron chi connectivity index (χ4n) is 2.50. The number of amides is 2. The van der Waals surface area contributed by atoms with Gasteiger partial charge in [0.1, 0.15) is 6.54 Å². The summed E-state index contributed by atoms with van der Waals surface area (Å²) < 4.78 is 24.6. The molecule has 1 aromatic carbocycles. The summed E-state index contributed by atoms with van der Waals surface area (Å²) in [6.45, 7) is 4.15. The van der Waals surface area contributed by atoms with Crippen LogP contribution in [0.15, 0.2) is 24.3 Å². The van der Waals surface area contributed by atoms with Crippen molar-refractivity contribution in [2.45, 2.75) is 19.9 Å². The lowest BCUT2D eigenvalue weighted by Crippen LogP contribution is -2.56. The third-order valence-corrected chi connectivity index (χ3v) is 4.42. The molecule has 23 heavy (non-hydrogen) atoms. The molecule has 0 aliphatic carbocycles. The number of nitrogens with zero attached hydrogens (tertiary/aromatic N) is 2. The molecule has 1 atom stereocenters. The maximum Gasteiger partial charge on any atom is 0.246 e. The van der Waals surface area contributed by atoms with Crippen LogP contribution in [-0.2, 0) is 19.6 Å². The van der Waals surface area contributed by atoms with E-state index < -0.39 is 22.0 Å².